The van der Waals surface area contributed by atoms with Crippen LogP contribution in [0, 0.1) is 0 Å². The fraction of sp³-hybridized carbons (Fsp3) is 0.267. The number of pyridine rings is 1. The van der Waals surface area contributed by atoms with E-state index >= 15 is 0 Å². The Labute approximate surface area is 107 Å². The van der Waals surface area contributed by atoms with Crippen LogP contribution in [-0.4, -0.2) is 11.6 Å². The lowest BCUT2D eigenvalue weighted by Crippen LogP contribution is -2.03. The van der Waals surface area contributed by atoms with E-state index < -0.39 is 0 Å². The second-order valence-electron chi connectivity index (χ2n) is 4.11. The number of rotatable bonds is 6. The summed E-state index contributed by atoms with van der Waals surface area (Å²) in [6.07, 6.45) is 3.84. The molecule has 0 saturated heterocycles. The van der Waals surface area contributed by atoms with Crippen molar-refractivity contribution in [3.05, 3.63) is 48.7 Å². The minimum atomic E-state index is 0.424. The largest absolute Gasteiger partial charge is 0.493 e. The number of hydrogen-bond donors (Lipinski definition) is 1. The molecule has 0 spiro atoms. The van der Waals surface area contributed by atoms with Gasteiger partial charge in [0, 0.05) is 18.0 Å². The summed E-state index contributed by atoms with van der Waals surface area (Å²) in [4.78, 5) is 4.48. The predicted molar refractivity (Wildman–Crippen MR) is 74.6 cm³/mol. The van der Waals surface area contributed by atoms with Gasteiger partial charge in [0.15, 0.2) is 0 Å². The fourth-order valence-corrected chi connectivity index (χ4v) is 1.83. The van der Waals surface area contributed by atoms with Gasteiger partial charge in [0.1, 0.15) is 5.75 Å². The Hall–Kier alpha value is -1.87. The molecule has 0 radical (unpaired) electrons. The molecule has 2 aromatic rings. The molecule has 3 nitrogen and oxygen atoms in total. The molecule has 2 rings (SSSR count). The summed E-state index contributed by atoms with van der Waals surface area (Å²) in [7, 11) is 0. The summed E-state index contributed by atoms with van der Waals surface area (Å²) in [5.41, 5.74) is 7.44. The molecule has 0 aliphatic heterocycles. The smallest absolute Gasteiger partial charge is 0.130 e. The van der Waals surface area contributed by atoms with Gasteiger partial charge in [0.2, 0.25) is 0 Å². The van der Waals surface area contributed by atoms with Gasteiger partial charge in [-0.3, -0.25) is 4.98 Å². The molecular formula is C15H18N2O. The summed E-state index contributed by atoms with van der Waals surface area (Å²) >= 11 is 0. The normalized spacial score (nSPS) is 10.5. The number of allylic oxidation sites excluding steroid dienone is 1. The van der Waals surface area contributed by atoms with E-state index in [0.29, 0.717) is 13.2 Å². The van der Waals surface area contributed by atoms with Crippen LogP contribution < -0.4 is 10.5 Å². The Balaban J connectivity index is 2.26. The van der Waals surface area contributed by atoms with Gasteiger partial charge in [-0.05, 0) is 25.0 Å². The average molecular weight is 242 g/mol. The second kappa shape index (κ2) is 6.17. The molecule has 0 atom stereocenters. The summed E-state index contributed by atoms with van der Waals surface area (Å²) in [6.45, 7) is 4.81. The molecule has 94 valence electrons. The van der Waals surface area contributed by atoms with E-state index in [2.05, 4.69) is 11.6 Å². The number of benzene rings is 1. The van der Waals surface area contributed by atoms with Gasteiger partial charge in [-0.2, -0.15) is 0 Å². The van der Waals surface area contributed by atoms with Crippen molar-refractivity contribution in [1.29, 1.82) is 0 Å². The maximum absolute atomic E-state index is 5.82. The molecule has 0 bridgehead atoms. The minimum absolute atomic E-state index is 0.424. The van der Waals surface area contributed by atoms with Crippen LogP contribution in [-0.2, 0) is 6.54 Å². The lowest BCUT2D eigenvalue weighted by atomic mass is 10.2. The Morgan fingerprint density at radius 3 is 2.94 bits per heavy atom. The maximum atomic E-state index is 5.82. The maximum Gasteiger partial charge on any atom is 0.130 e. The first-order chi connectivity index (χ1) is 8.85. The van der Waals surface area contributed by atoms with Gasteiger partial charge in [-0.15, -0.1) is 6.58 Å². The number of nitrogens with two attached hydrogens (primary N) is 1. The molecule has 1 heterocycles. The summed E-state index contributed by atoms with van der Waals surface area (Å²) in [6, 6.07) is 9.88. The first kappa shape index (κ1) is 12.6. The second-order valence-corrected chi connectivity index (χ2v) is 4.11. The van der Waals surface area contributed by atoms with Crippen LogP contribution in [0.1, 0.15) is 18.5 Å². The van der Waals surface area contributed by atoms with E-state index in [1.807, 2.05) is 36.4 Å². The van der Waals surface area contributed by atoms with Gasteiger partial charge in [0.05, 0.1) is 17.8 Å². The minimum Gasteiger partial charge on any atom is -0.493 e. The zero-order valence-corrected chi connectivity index (χ0v) is 10.4. The van der Waals surface area contributed by atoms with Gasteiger partial charge >= 0.3 is 0 Å². The van der Waals surface area contributed by atoms with Crippen molar-refractivity contribution in [2.75, 3.05) is 6.61 Å². The molecule has 2 N–H and O–H groups in total. The molecular weight excluding hydrogens is 224 g/mol. The van der Waals surface area contributed by atoms with Crippen molar-refractivity contribution < 1.29 is 4.74 Å². The predicted octanol–water partition coefficient (Wildman–Crippen LogP) is 3.04. The van der Waals surface area contributed by atoms with Gasteiger partial charge in [0.25, 0.3) is 0 Å². The van der Waals surface area contributed by atoms with Crippen molar-refractivity contribution in [1.82, 2.24) is 4.98 Å². The van der Waals surface area contributed by atoms with Crippen molar-refractivity contribution in [3.63, 3.8) is 0 Å². The molecule has 0 aliphatic rings. The highest BCUT2D eigenvalue weighted by atomic mass is 16.5. The highest BCUT2D eigenvalue weighted by Crippen LogP contribution is 2.25. The standard InChI is InChI=1S/C15H18N2O/c1-2-3-6-9-18-15-10-12(11-16)17-14-8-5-4-7-13(14)15/h2,4-5,7-8,10H,1,3,6,9,11,16H2. The van der Waals surface area contributed by atoms with Crippen LogP contribution in [0.25, 0.3) is 10.9 Å². The van der Waals surface area contributed by atoms with Gasteiger partial charge in [-0.25, -0.2) is 0 Å². The van der Waals surface area contributed by atoms with E-state index in [4.69, 9.17) is 10.5 Å². The molecule has 1 aromatic heterocycles. The van der Waals surface area contributed by atoms with Crippen molar-refractivity contribution in [3.8, 4) is 5.75 Å². The topological polar surface area (TPSA) is 48.1 Å². The van der Waals surface area contributed by atoms with Crippen LogP contribution in [0.5, 0.6) is 5.75 Å². The first-order valence-electron chi connectivity index (χ1n) is 6.17. The Morgan fingerprint density at radius 2 is 2.17 bits per heavy atom. The molecule has 18 heavy (non-hydrogen) atoms. The first-order valence-corrected chi connectivity index (χ1v) is 6.17. The van der Waals surface area contributed by atoms with E-state index in [1.165, 1.54) is 0 Å². The lowest BCUT2D eigenvalue weighted by molar-refractivity contribution is 0.315. The molecule has 3 heteroatoms. The zero-order valence-electron chi connectivity index (χ0n) is 10.4. The fourth-order valence-electron chi connectivity index (χ4n) is 1.83. The molecule has 1 aromatic carbocycles. The summed E-state index contributed by atoms with van der Waals surface area (Å²) in [5, 5.41) is 1.04. The quantitative estimate of drug-likeness (QED) is 0.625. The van der Waals surface area contributed by atoms with E-state index in [0.717, 1.165) is 35.2 Å². The Kier molecular flexibility index (Phi) is 4.31. The SMILES string of the molecule is C=CCCCOc1cc(CN)nc2ccccc12. The third kappa shape index (κ3) is 2.87. The molecule has 0 amide bonds. The van der Waals surface area contributed by atoms with Gasteiger partial charge < -0.3 is 10.5 Å². The number of fused-ring (bicyclic) bond motifs is 1. The molecule has 0 unspecified atom stereocenters. The molecule has 0 saturated carbocycles. The number of para-hydroxylation sites is 1. The van der Waals surface area contributed by atoms with E-state index in [1.54, 1.807) is 0 Å². The van der Waals surface area contributed by atoms with Crippen molar-refractivity contribution in [2.24, 2.45) is 5.73 Å². The summed E-state index contributed by atoms with van der Waals surface area (Å²) in [5.74, 6) is 0.866. The molecule has 0 aliphatic carbocycles. The van der Waals surface area contributed by atoms with Crippen LogP contribution in [0.2, 0.25) is 0 Å². The van der Waals surface area contributed by atoms with E-state index in [-0.39, 0.29) is 0 Å². The van der Waals surface area contributed by atoms with Crippen molar-refractivity contribution >= 4 is 10.9 Å². The van der Waals surface area contributed by atoms with Crippen LogP contribution in [0.15, 0.2) is 43.0 Å². The zero-order chi connectivity index (χ0) is 12.8. The summed E-state index contributed by atoms with van der Waals surface area (Å²) < 4.78 is 5.82. The number of nitrogens with zero attached hydrogens (tertiary/aromatic N) is 1. The van der Waals surface area contributed by atoms with Crippen LogP contribution in [0.4, 0.5) is 0 Å². The number of unbranched alkanes of at least 4 members (excludes halogenated alkanes) is 1. The van der Waals surface area contributed by atoms with Crippen LogP contribution >= 0.6 is 0 Å². The molecule has 0 fully saturated rings. The van der Waals surface area contributed by atoms with Crippen LogP contribution in [0.3, 0.4) is 0 Å². The third-order valence-corrected chi connectivity index (χ3v) is 2.75. The number of hydrogen-bond acceptors (Lipinski definition) is 3. The number of ether oxygens (including phenoxy) is 1. The average Bonchev–Trinajstić information content (AvgIpc) is 2.43. The van der Waals surface area contributed by atoms with Crippen molar-refractivity contribution in [2.45, 2.75) is 19.4 Å². The highest BCUT2D eigenvalue weighted by Gasteiger charge is 2.05. The van der Waals surface area contributed by atoms with Gasteiger partial charge in [-0.1, -0.05) is 18.2 Å². The monoisotopic (exact) mass is 242 g/mol. The van der Waals surface area contributed by atoms with E-state index in [9.17, 15) is 0 Å². The number of aromatic nitrogens is 1. The Bertz CT molecular complexity index is 537. The lowest BCUT2D eigenvalue weighted by Gasteiger charge is -2.10. The third-order valence-electron chi connectivity index (χ3n) is 2.75. The Morgan fingerprint density at radius 1 is 1.33 bits per heavy atom. The highest BCUT2D eigenvalue weighted by molar-refractivity contribution is 5.85.